The Morgan fingerprint density at radius 3 is 2.52 bits per heavy atom. The van der Waals surface area contributed by atoms with Gasteiger partial charge in [-0.15, -0.1) is 0 Å². The summed E-state index contributed by atoms with van der Waals surface area (Å²) >= 11 is 9.99. The average molecular weight is 533 g/mol. The molecule has 2 aromatic carbocycles. The molecule has 7 nitrogen and oxygen atoms in total. The number of aryl methyl sites for hydroxylation is 1. The van der Waals surface area contributed by atoms with Gasteiger partial charge in [0.25, 0.3) is 11.8 Å². The summed E-state index contributed by atoms with van der Waals surface area (Å²) in [5.74, 6) is 0.478. The Bertz CT molecular complexity index is 1170. The minimum atomic E-state index is -0.287. The number of piperazine rings is 1. The minimum absolute atomic E-state index is 0.109. The molecule has 1 fully saturated rings. The Morgan fingerprint density at radius 1 is 1.12 bits per heavy atom. The first-order chi connectivity index (χ1) is 15.9. The minimum Gasteiger partial charge on any atom is -0.496 e. The third-order valence-corrected chi connectivity index (χ3v) is 6.29. The van der Waals surface area contributed by atoms with Crippen molar-refractivity contribution in [1.82, 2.24) is 4.90 Å². The van der Waals surface area contributed by atoms with Gasteiger partial charge in [-0.1, -0.05) is 27.5 Å². The number of anilines is 2. The number of hydrogen-bond acceptors (Lipinski definition) is 5. The molecule has 0 atom stereocenters. The molecule has 2 amide bonds. The van der Waals surface area contributed by atoms with Gasteiger partial charge in [0.1, 0.15) is 5.75 Å². The molecule has 1 aliphatic heterocycles. The van der Waals surface area contributed by atoms with Crippen molar-refractivity contribution in [2.24, 2.45) is 0 Å². The number of hydrogen-bond donors (Lipinski definition) is 1. The van der Waals surface area contributed by atoms with Gasteiger partial charge in [-0.25, -0.2) is 0 Å². The van der Waals surface area contributed by atoms with Crippen LogP contribution in [0.25, 0.3) is 0 Å². The summed E-state index contributed by atoms with van der Waals surface area (Å²) in [6, 6.07) is 12.4. The second-order valence-corrected chi connectivity index (χ2v) is 9.00. The smallest absolute Gasteiger partial charge is 0.289 e. The van der Waals surface area contributed by atoms with E-state index in [1.165, 1.54) is 6.26 Å². The van der Waals surface area contributed by atoms with Crippen LogP contribution in [0.4, 0.5) is 11.4 Å². The van der Waals surface area contributed by atoms with Gasteiger partial charge < -0.3 is 24.3 Å². The molecule has 0 radical (unpaired) electrons. The Hall–Kier alpha value is -2.97. The SMILES string of the molecule is COc1c(C)cc(Br)cc1C(=O)Nc1ccc(N2CCN(C(=O)c3ccco3)CC2)c(Cl)c1. The van der Waals surface area contributed by atoms with Crippen molar-refractivity contribution in [3.8, 4) is 5.75 Å². The molecule has 33 heavy (non-hydrogen) atoms. The number of rotatable bonds is 5. The number of ether oxygens (including phenoxy) is 1. The molecule has 1 aliphatic rings. The van der Waals surface area contributed by atoms with Crippen LogP contribution in [0.5, 0.6) is 5.75 Å². The van der Waals surface area contributed by atoms with Crippen molar-refractivity contribution in [2.45, 2.75) is 6.92 Å². The summed E-state index contributed by atoms with van der Waals surface area (Å²) in [4.78, 5) is 29.2. The van der Waals surface area contributed by atoms with Crippen molar-refractivity contribution in [3.05, 3.63) is 75.1 Å². The summed E-state index contributed by atoms with van der Waals surface area (Å²) in [6.45, 7) is 4.31. The van der Waals surface area contributed by atoms with Gasteiger partial charge in [0.05, 0.1) is 29.6 Å². The van der Waals surface area contributed by atoms with Crippen LogP contribution in [0.15, 0.2) is 57.6 Å². The van der Waals surface area contributed by atoms with Gasteiger partial charge in [-0.3, -0.25) is 9.59 Å². The number of carbonyl (C=O) groups is 2. The number of methoxy groups -OCH3 is 1. The number of nitrogens with zero attached hydrogens (tertiary/aromatic N) is 2. The van der Waals surface area contributed by atoms with Gasteiger partial charge in [-0.05, 0) is 55.0 Å². The highest BCUT2D eigenvalue weighted by Crippen LogP contribution is 2.32. The quantitative estimate of drug-likeness (QED) is 0.487. The van der Waals surface area contributed by atoms with E-state index in [0.717, 1.165) is 15.7 Å². The third kappa shape index (κ3) is 5.02. The lowest BCUT2D eigenvalue weighted by Gasteiger charge is -2.36. The molecule has 1 N–H and O–H groups in total. The number of furan rings is 1. The van der Waals surface area contributed by atoms with Gasteiger partial charge in [0, 0.05) is 36.3 Å². The number of benzene rings is 2. The van der Waals surface area contributed by atoms with E-state index in [1.54, 1.807) is 36.3 Å². The maximum atomic E-state index is 12.9. The van der Waals surface area contributed by atoms with Gasteiger partial charge in [-0.2, -0.15) is 0 Å². The van der Waals surface area contributed by atoms with Crippen molar-refractivity contribution in [3.63, 3.8) is 0 Å². The number of carbonyl (C=O) groups excluding carboxylic acids is 2. The molecule has 172 valence electrons. The Morgan fingerprint density at radius 2 is 1.88 bits per heavy atom. The predicted molar refractivity (Wildman–Crippen MR) is 132 cm³/mol. The standard InChI is InChI=1S/C24H23BrClN3O4/c1-15-12-16(25)13-18(22(15)32-2)23(30)27-17-5-6-20(19(26)14-17)28-7-9-29(10-8-28)24(31)21-4-3-11-33-21/h3-6,11-14H,7-10H2,1-2H3,(H,27,30). The van der Waals surface area contributed by atoms with Crippen LogP contribution >= 0.6 is 27.5 Å². The molecule has 0 saturated carbocycles. The summed E-state index contributed by atoms with van der Waals surface area (Å²) in [5.41, 5.74) is 2.73. The van der Waals surface area contributed by atoms with E-state index in [0.29, 0.717) is 54.0 Å². The molecule has 0 aliphatic carbocycles. The molecular formula is C24H23BrClN3O4. The van der Waals surface area contributed by atoms with Crippen LogP contribution in [-0.2, 0) is 0 Å². The largest absolute Gasteiger partial charge is 0.496 e. The highest BCUT2D eigenvalue weighted by molar-refractivity contribution is 9.10. The van der Waals surface area contributed by atoms with Crippen LogP contribution in [0.2, 0.25) is 5.02 Å². The summed E-state index contributed by atoms with van der Waals surface area (Å²) < 4.78 is 11.4. The van der Waals surface area contributed by atoms with Crippen molar-refractivity contribution >= 4 is 50.7 Å². The molecule has 1 aromatic heterocycles. The molecule has 9 heteroatoms. The van der Waals surface area contributed by atoms with E-state index in [-0.39, 0.29) is 11.8 Å². The fourth-order valence-corrected chi connectivity index (χ4v) is 4.79. The van der Waals surface area contributed by atoms with Gasteiger partial charge in [0.15, 0.2) is 5.76 Å². The molecule has 0 spiro atoms. The first-order valence-corrected chi connectivity index (χ1v) is 11.6. The third-order valence-electron chi connectivity index (χ3n) is 5.53. The van der Waals surface area contributed by atoms with Crippen LogP contribution in [-0.4, -0.2) is 50.0 Å². The van der Waals surface area contributed by atoms with E-state index < -0.39 is 0 Å². The number of amides is 2. The molecular weight excluding hydrogens is 510 g/mol. The molecule has 0 unspecified atom stereocenters. The topological polar surface area (TPSA) is 75.0 Å². The monoisotopic (exact) mass is 531 g/mol. The van der Waals surface area contributed by atoms with Crippen molar-refractivity contribution in [2.75, 3.05) is 43.5 Å². The second kappa shape index (κ2) is 9.89. The lowest BCUT2D eigenvalue weighted by molar-refractivity contribution is 0.0714. The fraction of sp³-hybridized carbons (Fsp3) is 0.250. The number of nitrogens with one attached hydrogen (secondary N) is 1. The van der Waals surface area contributed by atoms with Crippen molar-refractivity contribution in [1.29, 1.82) is 0 Å². The van der Waals surface area contributed by atoms with E-state index >= 15 is 0 Å². The first-order valence-electron chi connectivity index (χ1n) is 10.4. The highest BCUT2D eigenvalue weighted by Gasteiger charge is 2.25. The molecule has 0 bridgehead atoms. The zero-order chi connectivity index (χ0) is 23.5. The molecule has 2 heterocycles. The highest BCUT2D eigenvalue weighted by atomic mass is 79.9. The second-order valence-electron chi connectivity index (χ2n) is 7.68. The van der Waals surface area contributed by atoms with Gasteiger partial charge in [0.2, 0.25) is 0 Å². The van der Waals surface area contributed by atoms with Crippen LogP contribution in [0.1, 0.15) is 26.5 Å². The average Bonchev–Trinajstić information content (AvgIpc) is 3.33. The maximum absolute atomic E-state index is 12.9. The Labute approximate surface area is 205 Å². The van der Waals surface area contributed by atoms with E-state index in [2.05, 4.69) is 26.1 Å². The summed E-state index contributed by atoms with van der Waals surface area (Å²) in [5, 5.41) is 3.41. The lowest BCUT2D eigenvalue weighted by atomic mass is 10.1. The Balaban J connectivity index is 1.43. The zero-order valence-corrected chi connectivity index (χ0v) is 20.6. The van der Waals surface area contributed by atoms with E-state index in [9.17, 15) is 9.59 Å². The zero-order valence-electron chi connectivity index (χ0n) is 18.2. The van der Waals surface area contributed by atoms with Crippen LogP contribution < -0.4 is 15.0 Å². The van der Waals surface area contributed by atoms with Gasteiger partial charge >= 0.3 is 0 Å². The molecule has 3 aromatic rings. The summed E-state index contributed by atoms with van der Waals surface area (Å²) in [6.07, 6.45) is 1.50. The summed E-state index contributed by atoms with van der Waals surface area (Å²) in [7, 11) is 1.54. The van der Waals surface area contributed by atoms with E-state index in [4.69, 9.17) is 20.8 Å². The Kier molecular flexibility index (Phi) is 6.95. The first kappa shape index (κ1) is 23.2. The fourth-order valence-electron chi connectivity index (χ4n) is 3.92. The van der Waals surface area contributed by atoms with Crippen molar-refractivity contribution < 1.29 is 18.7 Å². The maximum Gasteiger partial charge on any atom is 0.289 e. The predicted octanol–water partition coefficient (Wildman–Crippen LogP) is 5.23. The normalized spacial score (nSPS) is 13.7. The lowest BCUT2D eigenvalue weighted by Crippen LogP contribution is -2.48. The molecule has 1 saturated heterocycles. The van der Waals surface area contributed by atoms with E-state index in [1.807, 2.05) is 25.1 Å². The van der Waals surface area contributed by atoms with Crippen LogP contribution in [0, 0.1) is 6.92 Å². The van der Waals surface area contributed by atoms with Crippen LogP contribution in [0.3, 0.4) is 0 Å². The molecule has 4 rings (SSSR count). The number of halogens is 2.